The van der Waals surface area contributed by atoms with Crippen LogP contribution >= 0.6 is 11.8 Å². The van der Waals surface area contributed by atoms with Gasteiger partial charge in [0.25, 0.3) is 0 Å². The van der Waals surface area contributed by atoms with Crippen molar-refractivity contribution < 1.29 is 4.52 Å². The fraction of sp³-hybridized carbons (Fsp3) is 0.600. The van der Waals surface area contributed by atoms with Crippen LogP contribution in [0, 0.1) is 12.3 Å². The topological polar surface area (TPSA) is 51.0 Å². The second-order valence-electron chi connectivity index (χ2n) is 3.27. The molecular weight excluding hydrogens is 210 g/mol. The summed E-state index contributed by atoms with van der Waals surface area (Å²) in [6.07, 6.45) is 5.10. The number of nitrogens with zero attached hydrogens (tertiary/aromatic N) is 2. The van der Waals surface area contributed by atoms with E-state index in [0.717, 1.165) is 11.6 Å². The van der Waals surface area contributed by atoms with Gasteiger partial charge in [0.1, 0.15) is 0 Å². The maximum atomic E-state index is 5.10. The Bertz CT molecular complexity index is 330. The summed E-state index contributed by atoms with van der Waals surface area (Å²) in [5, 5.41) is 7.43. The quantitative estimate of drug-likeness (QED) is 0.586. The van der Waals surface area contributed by atoms with Gasteiger partial charge in [-0.3, -0.25) is 5.32 Å². The highest BCUT2D eigenvalue weighted by molar-refractivity contribution is 7.99. The Morgan fingerprint density at radius 1 is 1.60 bits per heavy atom. The van der Waals surface area contributed by atoms with Crippen LogP contribution in [0.4, 0.5) is 0 Å². The zero-order valence-electron chi connectivity index (χ0n) is 8.99. The van der Waals surface area contributed by atoms with Gasteiger partial charge in [-0.05, 0) is 5.25 Å². The normalized spacial score (nSPS) is 10.5. The maximum Gasteiger partial charge on any atom is 0.240 e. The lowest BCUT2D eigenvalue weighted by Crippen LogP contribution is -2.13. The maximum absolute atomic E-state index is 5.10. The van der Waals surface area contributed by atoms with Crippen molar-refractivity contribution >= 4 is 11.8 Å². The Hall–Kier alpha value is -0.990. The van der Waals surface area contributed by atoms with E-state index in [9.17, 15) is 0 Å². The zero-order valence-corrected chi connectivity index (χ0v) is 9.80. The summed E-state index contributed by atoms with van der Waals surface area (Å²) in [6, 6.07) is 0. The van der Waals surface area contributed by atoms with Gasteiger partial charge in [-0.25, -0.2) is 0 Å². The molecule has 1 aromatic heterocycles. The molecule has 0 radical (unpaired) electrons. The van der Waals surface area contributed by atoms with Crippen molar-refractivity contribution in [3.05, 3.63) is 11.7 Å². The molecule has 0 fully saturated rings. The number of aromatic nitrogens is 2. The van der Waals surface area contributed by atoms with Crippen molar-refractivity contribution in [2.24, 2.45) is 0 Å². The number of terminal acetylenes is 1. The number of rotatable bonds is 6. The average molecular weight is 225 g/mol. The summed E-state index contributed by atoms with van der Waals surface area (Å²) < 4.78 is 5.04. The summed E-state index contributed by atoms with van der Waals surface area (Å²) in [7, 11) is 0. The summed E-state index contributed by atoms with van der Waals surface area (Å²) in [5.74, 6) is 4.60. The molecule has 0 bridgehead atoms. The first kappa shape index (κ1) is 12.1. The Balaban J connectivity index is 2.32. The fourth-order valence-electron chi connectivity index (χ4n) is 0.903. The van der Waals surface area contributed by atoms with Crippen LogP contribution in [0.1, 0.15) is 25.6 Å². The lowest BCUT2D eigenvalue weighted by Gasteiger charge is -1.99. The highest BCUT2D eigenvalue weighted by Gasteiger charge is 2.06. The van der Waals surface area contributed by atoms with Crippen molar-refractivity contribution in [2.45, 2.75) is 31.4 Å². The molecule has 1 heterocycles. The molecule has 0 amide bonds. The van der Waals surface area contributed by atoms with Crippen molar-refractivity contribution in [3.8, 4) is 12.3 Å². The van der Waals surface area contributed by atoms with Gasteiger partial charge in [-0.2, -0.15) is 16.7 Å². The van der Waals surface area contributed by atoms with Crippen LogP contribution in [0.15, 0.2) is 4.52 Å². The predicted octanol–water partition coefficient (Wildman–Crippen LogP) is 1.43. The van der Waals surface area contributed by atoms with Gasteiger partial charge in [-0.15, -0.1) is 6.42 Å². The largest absolute Gasteiger partial charge is 0.338 e. The second kappa shape index (κ2) is 6.49. The standard InChI is InChI=1S/C10H15N3OS/c1-4-5-11-6-10-12-9(13-14-10)7-15-8(2)3/h1,8,11H,5-7H2,2-3H3. The van der Waals surface area contributed by atoms with Gasteiger partial charge in [-0.1, -0.05) is 24.9 Å². The predicted molar refractivity (Wildman–Crippen MR) is 61.3 cm³/mol. The third kappa shape index (κ3) is 4.86. The molecule has 0 aliphatic rings. The van der Waals surface area contributed by atoms with E-state index in [-0.39, 0.29) is 0 Å². The molecule has 0 aliphatic heterocycles. The Labute approximate surface area is 94.2 Å². The fourth-order valence-corrected chi connectivity index (χ4v) is 1.50. The first-order valence-electron chi connectivity index (χ1n) is 4.79. The molecule has 0 unspecified atom stereocenters. The molecule has 0 atom stereocenters. The molecule has 0 spiro atoms. The minimum atomic E-state index is 0.512. The van der Waals surface area contributed by atoms with E-state index < -0.39 is 0 Å². The molecule has 82 valence electrons. The van der Waals surface area contributed by atoms with Gasteiger partial charge in [0.15, 0.2) is 5.82 Å². The second-order valence-corrected chi connectivity index (χ2v) is 4.84. The highest BCUT2D eigenvalue weighted by Crippen LogP contribution is 2.14. The lowest BCUT2D eigenvalue weighted by atomic mass is 10.6. The Morgan fingerprint density at radius 3 is 3.07 bits per heavy atom. The number of nitrogens with one attached hydrogen (secondary N) is 1. The lowest BCUT2D eigenvalue weighted by molar-refractivity contribution is 0.366. The van der Waals surface area contributed by atoms with E-state index in [1.54, 1.807) is 11.8 Å². The summed E-state index contributed by atoms with van der Waals surface area (Å²) in [4.78, 5) is 4.22. The van der Waals surface area contributed by atoms with Crippen LogP contribution in [-0.2, 0) is 12.3 Å². The zero-order chi connectivity index (χ0) is 11.1. The molecule has 0 saturated heterocycles. The third-order valence-electron chi connectivity index (χ3n) is 1.56. The minimum Gasteiger partial charge on any atom is -0.338 e. The first-order valence-corrected chi connectivity index (χ1v) is 5.84. The summed E-state index contributed by atoms with van der Waals surface area (Å²) in [6.45, 7) is 5.32. The molecule has 0 aromatic carbocycles. The van der Waals surface area contributed by atoms with Crippen LogP contribution in [0.2, 0.25) is 0 Å². The van der Waals surface area contributed by atoms with Gasteiger partial charge in [0.05, 0.1) is 18.8 Å². The van der Waals surface area contributed by atoms with E-state index in [1.807, 2.05) is 0 Å². The first-order chi connectivity index (χ1) is 7.22. The van der Waals surface area contributed by atoms with Crippen molar-refractivity contribution in [1.82, 2.24) is 15.5 Å². The van der Waals surface area contributed by atoms with E-state index in [4.69, 9.17) is 10.9 Å². The Kier molecular flexibility index (Phi) is 5.22. The molecule has 5 heteroatoms. The highest BCUT2D eigenvalue weighted by atomic mass is 32.2. The van der Waals surface area contributed by atoms with Gasteiger partial charge in [0.2, 0.25) is 5.89 Å². The van der Waals surface area contributed by atoms with Crippen LogP contribution in [0.3, 0.4) is 0 Å². The van der Waals surface area contributed by atoms with Crippen molar-refractivity contribution in [3.63, 3.8) is 0 Å². The van der Waals surface area contributed by atoms with E-state index in [1.165, 1.54) is 0 Å². The van der Waals surface area contributed by atoms with Gasteiger partial charge < -0.3 is 4.52 Å². The minimum absolute atomic E-state index is 0.512. The molecule has 4 nitrogen and oxygen atoms in total. The van der Waals surface area contributed by atoms with Crippen LogP contribution in [0.5, 0.6) is 0 Å². The van der Waals surface area contributed by atoms with Crippen LogP contribution < -0.4 is 5.32 Å². The molecule has 1 N–H and O–H groups in total. The smallest absolute Gasteiger partial charge is 0.240 e. The molecule has 0 saturated carbocycles. The van der Waals surface area contributed by atoms with Crippen molar-refractivity contribution in [2.75, 3.05) is 6.54 Å². The van der Waals surface area contributed by atoms with Gasteiger partial charge in [0, 0.05) is 0 Å². The Morgan fingerprint density at radius 2 is 2.40 bits per heavy atom. The van der Waals surface area contributed by atoms with E-state index in [2.05, 4.69) is 35.2 Å². The third-order valence-corrected chi connectivity index (χ3v) is 2.65. The van der Waals surface area contributed by atoms with E-state index in [0.29, 0.717) is 24.2 Å². The molecule has 1 rings (SSSR count). The number of thioether (sulfide) groups is 1. The molecule has 15 heavy (non-hydrogen) atoms. The van der Waals surface area contributed by atoms with Gasteiger partial charge >= 0.3 is 0 Å². The monoisotopic (exact) mass is 225 g/mol. The SMILES string of the molecule is C#CCNCc1nc(CSC(C)C)no1. The molecule has 0 aliphatic carbocycles. The number of hydrogen-bond acceptors (Lipinski definition) is 5. The van der Waals surface area contributed by atoms with Crippen molar-refractivity contribution in [1.29, 1.82) is 0 Å². The number of hydrogen-bond donors (Lipinski definition) is 1. The van der Waals surface area contributed by atoms with Crippen LogP contribution in [0.25, 0.3) is 0 Å². The average Bonchev–Trinajstić information content (AvgIpc) is 2.63. The van der Waals surface area contributed by atoms with Crippen LogP contribution in [-0.4, -0.2) is 21.9 Å². The molecular formula is C10H15N3OS. The molecule has 1 aromatic rings. The van der Waals surface area contributed by atoms with E-state index >= 15 is 0 Å². The summed E-state index contributed by atoms with van der Waals surface area (Å²) >= 11 is 1.79. The summed E-state index contributed by atoms with van der Waals surface area (Å²) in [5.41, 5.74) is 0.